The molecule has 148 valence electrons. The molecule has 0 aliphatic carbocycles. The van der Waals surface area contributed by atoms with Crippen LogP contribution in [0.5, 0.6) is 11.5 Å². The smallest absolute Gasteiger partial charge is 0.262 e. The van der Waals surface area contributed by atoms with E-state index in [4.69, 9.17) is 14.2 Å². The lowest BCUT2D eigenvalue weighted by Crippen LogP contribution is -2.28. The van der Waals surface area contributed by atoms with Crippen LogP contribution in [-0.2, 0) is 9.53 Å². The molecule has 0 spiro atoms. The third-order valence-electron chi connectivity index (χ3n) is 4.50. The zero-order valence-electron chi connectivity index (χ0n) is 16.6. The van der Waals surface area contributed by atoms with Gasteiger partial charge in [-0.15, -0.1) is 0 Å². The lowest BCUT2D eigenvalue weighted by atomic mass is 9.93. The number of carbonyl (C=O) groups is 1. The first-order valence-electron chi connectivity index (χ1n) is 9.14. The molecule has 1 heterocycles. The average Bonchev–Trinajstić information content (AvgIpc) is 2.74. The maximum Gasteiger partial charge on any atom is 0.262 e. The van der Waals surface area contributed by atoms with Crippen LogP contribution in [-0.4, -0.2) is 33.3 Å². The van der Waals surface area contributed by atoms with Crippen molar-refractivity contribution in [3.05, 3.63) is 70.8 Å². The number of rotatable bonds is 6. The maximum atomic E-state index is 12.6. The minimum Gasteiger partial charge on any atom is -0.497 e. The molecule has 1 amide bonds. The Morgan fingerprint density at radius 1 is 1.17 bits per heavy atom. The fourth-order valence-electron chi connectivity index (χ4n) is 2.99. The van der Waals surface area contributed by atoms with Gasteiger partial charge in [0, 0.05) is 30.4 Å². The van der Waals surface area contributed by atoms with E-state index in [1.165, 1.54) is 0 Å². The second-order valence-corrected chi connectivity index (χ2v) is 6.49. The summed E-state index contributed by atoms with van der Waals surface area (Å²) in [7, 11) is 3.16. The van der Waals surface area contributed by atoms with Crippen LogP contribution < -0.4 is 14.8 Å². The molecule has 0 radical (unpaired) electrons. The molecule has 1 aliphatic rings. The van der Waals surface area contributed by atoms with Crippen LogP contribution in [0.15, 0.2) is 54.1 Å². The quantitative estimate of drug-likeness (QED) is 0.464. The summed E-state index contributed by atoms with van der Waals surface area (Å²) in [5.74, 6) is 1.43. The van der Waals surface area contributed by atoms with Crippen molar-refractivity contribution in [3.8, 4) is 17.6 Å². The first-order chi connectivity index (χ1) is 14.1. The minimum atomic E-state index is -0.445. The number of nitrogens with one attached hydrogen (secondary N) is 1. The van der Waals surface area contributed by atoms with Crippen molar-refractivity contribution in [2.45, 2.75) is 6.92 Å². The van der Waals surface area contributed by atoms with E-state index in [0.29, 0.717) is 35.8 Å². The molecule has 0 bridgehead atoms. The number of aryl methyl sites for hydroxylation is 1. The number of benzene rings is 2. The van der Waals surface area contributed by atoms with Gasteiger partial charge < -0.3 is 19.5 Å². The van der Waals surface area contributed by atoms with E-state index in [9.17, 15) is 10.1 Å². The second kappa shape index (κ2) is 9.09. The van der Waals surface area contributed by atoms with Crippen molar-refractivity contribution in [1.82, 2.24) is 5.32 Å². The Morgan fingerprint density at radius 2 is 1.93 bits per heavy atom. The van der Waals surface area contributed by atoms with Gasteiger partial charge in [-0.2, -0.15) is 5.26 Å². The van der Waals surface area contributed by atoms with E-state index in [0.717, 1.165) is 16.9 Å². The number of nitrogens with zero attached hydrogens (tertiary/aromatic N) is 1. The van der Waals surface area contributed by atoms with Crippen LogP contribution in [0, 0.1) is 18.3 Å². The predicted molar refractivity (Wildman–Crippen MR) is 110 cm³/mol. The number of hydrogen-bond donors (Lipinski definition) is 1. The molecule has 3 rings (SSSR count). The van der Waals surface area contributed by atoms with E-state index < -0.39 is 5.91 Å². The largest absolute Gasteiger partial charge is 0.497 e. The van der Waals surface area contributed by atoms with E-state index >= 15 is 0 Å². The molecule has 1 N–H and O–H groups in total. The average molecular weight is 390 g/mol. The Labute approximate surface area is 170 Å². The van der Waals surface area contributed by atoms with Gasteiger partial charge >= 0.3 is 0 Å². The number of fused-ring (bicyclic) bond motifs is 1. The SMILES string of the molecule is COCCNC(=O)/C(C#N)=C1\C=C(c2ccc(OC)cc2)Oc2ccc(C)cc21. The first kappa shape index (κ1) is 20.2. The van der Waals surface area contributed by atoms with Crippen LogP contribution in [0.3, 0.4) is 0 Å². The number of amides is 1. The van der Waals surface area contributed by atoms with Crippen LogP contribution in [0.25, 0.3) is 11.3 Å². The number of hydrogen-bond acceptors (Lipinski definition) is 5. The minimum absolute atomic E-state index is 0.0299. The van der Waals surface area contributed by atoms with Gasteiger partial charge in [-0.3, -0.25) is 4.79 Å². The second-order valence-electron chi connectivity index (χ2n) is 6.49. The van der Waals surface area contributed by atoms with Gasteiger partial charge in [0.1, 0.15) is 28.9 Å². The highest BCUT2D eigenvalue weighted by atomic mass is 16.5. The molecule has 0 aromatic heterocycles. The van der Waals surface area contributed by atoms with Crippen LogP contribution in [0.2, 0.25) is 0 Å². The molecule has 0 saturated heterocycles. The zero-order valence-corrected chi connectivity index (χ0v) is 16.6. The Kier molecular flexibility index (Phi) is 6.32. The monoisotopic (exact) mass is 390 g/mol. The van der Waals surface area contributed by atoms with E-state index in [1.54, 1.807) is 20.3 Å². The van der Waals surface area contributed by atoms with Crippen LogP contribution in [0.1, 0.15) is 16.7 Å². The van der Waals surface area contributed by atoms with Gasteiger partial charge in [0.05, 0.1) is 13.7 Å². The topological polar surface area (TPSA) is 80.6 Å². The first-order valence-corrected chi connectivity index (χ1v) is 9.14. The molecular formula is C23H22N2O4. The lowest BCUT2D eigenvalue weighted by Gasteiger charge is -2.22. The summed E-state index contributed by atoms with van der Waals surface area (Å²) in [5, 5.41) is 12.5. The lowest BCUT2D eigenvalue weighted by molar-refractivity contribution is -0.117. The zero-order chi connectivity index (χ0) is 20.8. The van der Waals surface area contributed by atoms with Gasteiger partial charge in [-0.1, -0.05) is 11.6 Å². The molecule has 0 unspecified atom stereocenters. The van der Waals surface area contributed by atoms with E-state index in [-0.39, 0.29) is 5.57 Å². The van der Waals surface area contributed by atoms with Crippen LogP contribution >= 0.6 is 0 Å². The highest BCUT2D eigenvalue weighted by molar-refractivity contribution is 6.09. The normalized spacial score (nSPS) is 14.1. The highest BCUT2D eigenvalue weighted by Crippen LogP contribution is 2.39. The summed E-state index contributed by atoms with van der Waals surface area (Å²) in [6, 6.07) is 15.1. The number of ether oxygens (including phenoxy) is 3. The van der Waals surface area contributed by atoms with Gasteiger partial charge in [0.15, 0.2) is 0 Å². The van der Waals surface area contributed by atoms with Crippen molar-refractivity contribution in [2.24, 2.45) is 0 Å². The molecule has 0 saturated carbocycles. The maximum absolute atomic E-state index is 12.6. The fraction of sp³-hybridized carbons (Fsp3) is 0.217. The number of carbonyl (C=O) groups excluding carboxylic acids is 1. The summed E-state index contributed by atoms with van der Waals surface area (Å²) in [6.07, 6.45) is 1.73. The molecule has 2 aromatic rings. The number of methoxy groups -OCH3 is 2. The third-order valence-corrected chi connectivity index (χ3v) is 4.50. The van der Waals surface area contributed by atoms with Crippen LogP contribution in [0.4, 0.5) is 0 Å². The predicted octanol–water partition coefficient (Wildman–Crippen LogP) is 3.48. The molecule has 0 fully saturated rings. The van der Waals surface area contributed by atoms with Crippen molar-refractivity contribution in [2.75, 3.05) is 27.4 Å². The molecular weight excluding hydrogens is 368 g/mol. The molecule has 29 heavy (non-hydrogen) atoms. The molecule has 2 aromatic carbocycles. The van der Waals surface area contributed by atoms with Gasteiger partial charge in [0.2, 0.25) is 0 Å². The third kappa shape index (κ3) is 4.48. The van der Waals surface area contributed by atoms with E-state index in [2.05, 4.69) is 11.4 Å². The van der Waals surface area contributed by atoms with E-state index in [1.807, 2.05) is 49.4 Å². The van der Waals surface area contributed by atoms with Crippen molar-refractivity contribution in [1.29, 1.82) is 5.26 Å². The molecule has 6 nitrogen and oxygen atoms in total. The Hall–Kier alpha value is -3.56. The van der Waals surface area contributed by atoms with Gasteiger partial charge in [-0.25, -0.2) is 0 Å². The number of nitriles is 1. The Morgan fingerprint density at radius 3 is 2.59 bits per heavy atom. The summed E-state index contributed by atoms with van der Waals surface area (Å²) in [5.41, 5.74) is 3.08. The van der Waals surface area contributed by atoms with Crippen molar-refractivity contribution >= 4 is 17.2 Å². The van der Waals surface area contributed by atoms with Gasteiger partial charge in [-0.05, 0) is 49.4 Å². The van der Waals surface area contributed by atoms with Gasteiger partial charge in [0.25, 0.3) is 5.91 Å². The van der Waals surface area contributed by atoms with Crippen molar-refractivity contribution < 1.29 is 19.0 Å². The Bertz CT molecular complexity index is 1010. The van der Waals surface area contributed by atoms with Crippen molar-refractivity contribution in [3.63, 3.8) is 0 Å². The Balaban J connectivity index is 2.09. The highest BCUT2D eigenvalue weighted by Gasteiger charge is 2.24. The molecule has 6 heteroatoms. The summed E-state index contributed by atoms with van der Waals surface area (Å²) >= 11 is 0. The number of allylic oxidation sites excluding steroid dienone is 2. The summed E-state index contributed by atoms with van der Waals surface area (Å²) in [6.45, 7) is 2.64. The standard InChI is InChI=1S/C23H22N2O4/c1-15-4-9-21-19(12-15)18(20(14-24)23(26)25-10-11-27-2)13-22(29-21)16-5-7-17(28-3)8-6-16/h4-9,12-13H,10-11H2,1-3H3,(H,25,26)/b20-18+. The molecule has 1 aliphatic heterocycles. The fourth-order valence-corrected chi connectivity index (χ4v) is 2.99. The summed E-state index contributed by atoms with van der Waals surface area (Å²) in [4.78, 5) is 12.6. The molecule has 0 atom stereocenters. The summed E-state index contributed by atoms with van der Waals surface area (Å²) < 4.78 is 16.2.